The van der Waals surface area contributed by atoms with Crippen molar-refractivity contribution in [2.45, 2.75) is 66.2 Å². The number of amides is 2. The molecule has 0 radical (unpaired) electrons. The van der Waals surface area contributed by atoms with Gasteiger partial charge >= 0.3 is 12.6 Å². The van der Waals surface area contributed by atoms with Gasteiger partial charge in [-0.15, -0.1) is 0 Å². The Morgan fingerprint density at radius 1 is 1.18 bits per heavy atom. The van der Waals surface area contributed by atoms with Crippen LogP contribution in [-0.2, 0) is 11.3 Å². The fraction of sp³-hybridized carbons (Fsp3) is 0.464. The molecule has 3 aromatic rings. The summed E-state index contributed by atoms with van der Waals surface area (Å²) in [7, 11) is 2.02. The number of ether oxygens (including phenoxy) is 1. The Balaban J connectivity index is 0.000000475. The maximum absolute atomic E-state index is 13.4. The van der Waals surface area contributed by atoms with Crippen LogP contribution in [0.5, 0.6) is 5.88 Å². The van der Waals surface area contributed by atoms with E-state index in [4.69, 9.17) is 0 Å². The van der Waals surface area contributed by atoms with Crippen LogP contribution in [0.4, 0.5) is 25.0 Å². The highest BCUT2D eigenvalue weighted by Gasteiger charge is 2.32. The van der Waals surface area contributed by atoms with Gasteiger partial charge in [-0.3, -0.25) is 4.90 Å². The number of aromatic nitrogens is 4. The van der Waals surface area contributed by atoms with Crippen molar-refractivity contribution in [2.75, 3.05) is 30.4 Å². The molecule has 218 valence electrons. The summed E-state index contributed by atoms with van der Waals surface area (Å²) in [6.45, 7) is 8.64. The zero-order valence-corrected chi connectivity index (χ0v) is 23.9. The van der Waals surface area contributed by atoms with E-state index in [1.807, 2.05) is 45.2 Å². The number of hydrogen-bond donors (Lipinski definition) is 1. The number of halogens is 2. The minimum absolute atomic E-state index is 0.0345. The first-order valence-electron chi connectivity index (χ1n) is 13.3. The Hall–Kier alpha value is -3.93. The molecule has 4 rings (SSSR count). The number of urea groups is 1. The van der Waals surface area contributed by atoms with Crippen LogP contribution < -0.4 is 15.0 Å². The third-order valence-corrected chi connectivity index (χ3v) is 5.91. The maximum Gasteiger partial charge on any atom is 0.388 e. The molecule has 2 aromatic heterocycles. The standard InChI is InChI=1S/C22H28F2N4O2.C4H5N3O.C2H6/c1-14(2)17-7-5-6-8-19(17)28(16-11-12-27(4)13-16)22(29)26-18-10-9-15(3)25-20(18)30-21(23)24;8-4-3-7-5-1-2-6-7;1-2/h5-10,14,16,21H,11-13H2,1-4H3,(H,26,29);1-2,4H,3H2;1-2H3. The van der Waals surface area contributed by atoms with Gasteiger partial charge in [0.2, 0.25) is 5.88 Å². The SMILES string of the molecule is CC.Cc1ccc(NC(=O)N(c2ccccc2C(C)C)C2CCN(C)C2)c(OC(F)F)n1.O=CCn1nccn1. The maximum atomic E-state index is 13.4. The van der Waals surface area contributed by atoms with Gasteiger partial charge in [0.05, 0.1) is 18.4 Å². The molecule has 1 fully saturated rings. The van der Waals surface area contributed by atoms with Gasteiger partial charge in [0, 0.05) is 17.9 Å². The predicted octanol–water partition coefficient (Wildman–Crippen LogP) is 5.36. The number of nitrogens with one attached hydrogen (secondary N) is 1. The van der Waals surface area contributed by atoms with Crippen LogP contribution in [0.15, 0.2) is 48.8 Å². The molecule has 40 heavy (non-hydrogen) atoms. The third kappa shape index (κ3) is 9.37. The zero-order chi connectivity index (χ0) is 29.7. The second-order valence-electron chi connectivity index (χ2n) is 9.15. The molecule has 10 nitrogen and oxygen atoms in total. The number of anilines is 2. The lowest BCUT2D eigenvalue weighted by atomic mass is 9.99. The number of likely N-dealkylation sites (tertiary alicyclic amines) is 1. The summed E-state index contributed by atoms with van der Waals surface area (Å²) in [4.78, 5) is 32.4. The summed E-state index contributed by atoms with van der Waals surface area (Å²) < 4.78 is 30.2. The summed E-state index contributed by atoms with van der Waals surface area (Å²) in [5.74, 6) is -0.0756. The largest absolute Gasteiger partial charge is 0.415 e. The Labute approximate surface area is 234 Å². The van der Waals surface area contributed by atoms with Gasteiger partial charge in [-0.05, 0) is 56.6 Å². The molecule has 1 aliphatic rings. The minimum atomic E-state index is -3.03. The van der Waals surface area contributed by atoms with Gasteiger partial charge in [0.1, 0.15) is 18.5 Å². The van der Waals surface area contributed by atoms with Crippen molar-refractivity contribution in [2.24, 2.45) is 0 Å². The molecule has 1 aromatic carbocycles. The number of hydrogen-bond acceptors (Lipinski definition) is 7. The lowest BCUT2D eigenvalue weighted by Gasteiger charge is -2.32. The number of aldehydes is 1. The molecule has 1 unspecified atom stereocenters. The normalized spacial score (nSPS) is 14.6. The van der Waals surface area contributed by atoms with Gasteiger partial charge in [-0.1, -0.05) is 45.9 Å². The van der Waals surface area contributed by atoms with Crippen LogP contribution in [0.3, 0.4) is 0 Å². The highest BCUT2D eigenvalue weighted by Crippen LogP contribution is 2.32. The van der Waals surface area contributed by atoms with Crippen molar-refractivity contribution < 1.29 is 23.1 Å². The Kier molecular flexibility index (Phi) is 13.1. The lowest BCUT2D eigenvalue weighted by Crippen LogP contribution is -2.45. The molecule has 1 N–H and O–H groups in total. The van der Waals surface area contributed by atoms with Gasteiger partial charge < -0.3 is 19.7 Å². The van der Waals surface area contributed by atoms with Gasteiger partial charge in [-0.2, -0.15) is 23.8 Å². The third-order valence-electron chi connectivity index (χ3n) is 5.91. The second kappa shape index (κ2) is 16.2. The van der Waals surface area contributed by atoms with E-state index in [-0.39, 0.29) is 30.1 Å². The van der Waals surface area contributed by atoms with Crippen LogP contribution in [0.1, 0.15) is 51.3 Å². The first-order chi connectivity index (χ1) is 19.2. The molecule has 2 amide bonds. The number of pyridine rings is 1. The van der Waals surface area contributed by atoms with E-state index in [9.17, 15) is 18.4 Å². The smallest absolute Gasteiger partial charge is 0.388 e. The molecule has 3 heterocycles. The van der Waals surface area contributed by atoms with E-state index < -0.39 is 12.6 Å². The lowest BCUT2D eigenvalue weighted by molar-refractivity contribution is -0.108. The molecule has 0 spiro atoms. The fourth-order valence-electron chi connectivity index (χ4n) is 4.17. The second-order valence-corrected chi connectivity index (χ2v) is 9.15. The molecule has 12 heteroatoms. The number of rotatable bonds is 8. The first kappa shape index (κ1) is 32.3. The van der Waals surface area contributed by atoms with E-state index in [2.05, 4.69) is 44.0 Å². The highest BCUT2D eigenvalue weighted by molar-refractivity contribution is 6.03. The molecular weight excluding hydrogens is 520 g/mol. The van der Waals surface area contributed by atoms with E-state index in [1.54, 1.807) is 17.9 Å². The molecular formula is C28H39F2N7O3. The van der Waals surface area contributed by atoms with E-state index >= 15 is 0 Å². The number of nitrogens with zero attached hydrogens (tertiary/aromatic N) is 6. The minimum Gasteiger partial charge on any atom is -0.415 e. The number of aryl methyl sites for hydroxylation is 1. The van der Waals surface area contributed by atoms with Gasteiger partial charge in [-0.25, -0.2) is 9.78 Å². The van der Waals surface area contributed by atoms with Crippen molar-refractivity contribution in [1.29, 1.82) is 0 Å². The molecule has 0 aliphatic carbocycles. The van der Waals surface area contributed by atoms with E-state index in [1.165, 1.54) is 23.3 Å². The molecule has 1 aliphatic heterocycles. The zero-order valence-electron chi connectivity index (χ0n) is 23.9. The number of para-hydroxylation sites is 1. The van der Waals surface area contributed by atoms with E-state index in [0.29, 0.717) is 5.69 Å². The average molecular weight is 560 g/mol. The molecule has 0 bridgehead atoms. The summed E-state index contributed by atoms with van der Waals surface area (Å²) in [6.07, 6.45) is 4.63. The van der Waals surface area contributed by atoms with Crippen LogP contribution in [0.2, 0.25) is 0 Å². The molecule has 1 saturated heterocycles. The Morgan fingerprint density at radius 3 is 2.42 bits per heavy atom. The Bertz CT molecular complexity index is 1190. The van der Waals surface area contributed by atoms with Crippen molar-refractivity contribution in [3.05, 3.63) is 60.0 Å². The topological polar surface area (TPSA) is 105 Å². The van der Waals surface area contributed by atoms with Crippen molar-refractivity contribution >= 4 is 23.7 Å². The molecule has 1 atom stereocenters. The number of benzene rings is 1. The number of alkyl halides is 2. The quantitative estimate of drug-likeness (QED) is 0.371. The summed E-state index contributed by atoms with van der Waals surface area (Å²) in [6, 6.07) is 10.5. The highest BCUT2D eigenvalue weighted by atomic mass is 19.3. The summed E-state index contributed by atoms with van der Waals surface area (Å²) >= 11 is 0. The summed E-state index contributed by atoms with van der Waals surface area (Å²) in [5.41, 5.74) is 2.50. The van der Waals surface area contributed by atoms with Gasteiger partial charge in [0.15, 0.2) is 0 Å². The van der Waals surface area contributed by atoms with Crippen molar-refractivity contribution in [1.82, 2.24) is 24.9 Å². The van der Waals surface area contributed by atoms with Gasteiger partial charge in [0.25, 0.3) is 0 Å². The van der Waals surface area contributed by atoms with Crippen LogP contribution in [0.25, 0.3) is 0 Å². The number of likely N-dealkylation sites (N-methyl/N-ethyl adjacent to an activating group) is 1. The number of carbonyl (C=O) groups excluding carboxylic acids is 2. The first-order valence-corrected chi connectivity index (χ1v) is 13.3. The predicted molar refractivity (Wildman–Crippen MR) is 151 cm³/mol. The van der Waals surface area contributed by atoms with Crippen LogP contribution in [0, 0.1) is 6.92 Å². The van der Waals surface area contributed by atoms with Crippen LogP contribution >= 0.6 is 0 Å². The summed E-state index contributed by atoms with van der Waals surface area (Å²) in [5, 5.41) is 10.1. The number of carbonyl (C=O) groups is 2. The van der Waals surface area contributed by atoms with Crippen molar-refractivity contribution in [3.63, 3.8) is 0 Å². The van der Waals surface area contributed by atoms with Crippen LogP contribution in [-0.4, -0.2) is 70.0 Å². The Morgan fingerprint density at radius 2 is 1.85 bits per heavy atom. The van der Waals surface area contributed by atoms with Crippen molar-refractivity contribution in [3.8, 4) is 5.88 Å². The molecule has 0 saturated carbocycles. The van der Waals surface area contributed by atoms with E-state index in [0.717, 1.165) is 37.0 Å². The monoisotopic (exact) mass is 559 g/mol. The fourth-order valence-corrected chi connectivity index (χ4v) is 4.17. The average Bonchev–Trinajstić information content (AvgIpc) is 3.59.